The molecule has 0 spiro atoms. The molecule has 1 aromatic heterocycles. The Balaban J connectivity index is 2.32. The van der Waals surface area contributed by atoms with E-state index in [1.807, 2.05) is 0 Å². The number of halogens is 2. The second-order valence-corrected chi connectivity index (χ2v) is 5.95. The SMILES string of the molecule is CNc1ccc(S(=O)(=O)Nc2cc(F)ccc2Cl)cn1. The molecule has 0 amide bonds. The number of nitrogens with zero attached hydrogens (tertiary/aromatic N) is 1. The molecule has 0 aliphatic heterocycles. The van der Waals surface area contributed by atoms with Crippen molar-refractivity contribution in [3.8, 4) is 0 Å². The monoisotopic (exact) mass is 315 g/mol. The quantitative estimate of drug-likeness (QED) is 0.910. The molecule has 1 heterocycles. The van der Waals surface area contributed by atoms with E-state index in [-0.39, 0.29) is 15.6 Å². The van der Waals surface area contributed by atoms with Gasteiger partial charge in [-0.25, -0.2) is 17.8 Å². The van der Waals surface area contributed by atoms with Crippen LogP contribution in [0, 0.1) is 5.82 Å². The molecule has 0 atom stereocenters. The van der Waals surface area contributed by atoms with Crippen LogP contribution in [-0.4, -0.2) is 20.4 Å². The summed E-state index contributed by atoms with van der Waals surface area (Å²) in [5, 5.41) is 2.88. The number of aromatic nitrogens is 1. The fraction of sp³-hybridized carbons (Fsp3) is 0.0833. The molecule has 2 rings (SSSR count). The van der Waals surface area contributed by atoms with Crippen LogP contribution in [0.2, 0.25) is 5.02 Å². The van der Waals surface area contributed by atoms with Crippen molar-refractivity contribution in [2.45, 2.75) is 4.90 Å². The minimum absolute atomic E-state index is 0.0237. The molecular weight excluding hydrogens is 305 g/mol. The molecule has 0 saturated carbocycles. The van der Waals surface area contributed by atoms with Crippen molar-refractivity contribution in [3.63, 3.8) is 0 Å². The molecule has 2 N–H and O–H groups in total. The van der Waals surface area contributed by atoms with Crippen LogP contribution in [0.1, 0.15) is 0 Å². The van der Waals surface area contributed by atoms with Crippen LogP contribution in [0.3, 0.4) is 0 Å². The Kier molecular flexibility index (Phi) is 4.10. The topological polar surface area (TPSA) is 71.1 Å². The minimum atomic E-state index is -3.87. The van der Waals surface area contributed by atoms with Gasteiger partial charge in [0.05, 0.1) is 10.7 Å². The van der Waals surface area contributed by atoms with Gasteiger partial charge in [0.1, 0.15) is 16.5 Å². The Morgan fingerprint density at radius 2 is 2.00 bits per heavy atom. The number of hydrogen-bond donors (Lipinski definition) is 2. The van der Waals surface area contributed by atoms with E-state index in [0.29, 0.717) is 5.82 Å². The molecule has 0 fully saturated rings. The molecule has 2 aromatic rings. The first kappa shape index (κ1) is 14.5. The van der Waals surface area contributed by atoms with Crippen molar-refractivity contribution in [2.75, 3.05) is 17.1 Å². The van der Waals surface area contributed by atoms with Crippen LogP contribution >= 0.6 is 11.6 Å². The summed E-state index contributed by atoms with van der Waals surface area (Å²) in [5.41, 5.74) is -0.0237. The minimum Gasteiger partial charge on any atom is -0.373 e. The first-order valence-corrected chi connectivity index (χ1v) is 7.40. The third-order valence-corrected chi connectivity index (χ3v) is 4.16. The van der Waals surface area contributed by atoms with Gasteiger partial charge in [0.2, 0.25) is 0 Å². The summed E-state index contributed by atoms with van der Waals surface area (Å²) in [7, 11) is -2.20. The second-order valence-electron chi connectivity index (χ2n) is 3.86. The van der Waals surface area contributed by atoms with Crippen molar-refractivity contribution in [3.05, 3.63) is 47.4 Å². The van der Waals surface area contributed by atoms with Crippen molar-refractivity contribution in [1.29, 1.82) is 0 Å². The Bertz CT molecular complexity index is 720. The van der Waals surface area contributed by atoms with Crippen molar-refractivity contribution in [2.24, 2.45) is 0 Å². The zero-order chi connectivity index (χ0) is 14.8. The molecule has 0 saturated heterocycles. The maximum atomic E-state index is 13.1. The van der Waals surface area contributed by atoms with Gasteiger partial charge in [-0.05, 0) is 30.3 Å². The predicted molar refractivity (Wildman–Crippen MR) is 76.0 cm³/mol. The number of nitrogens with one attached hydrogen (secondary N) is 2. The zero-order valence-electron chi connectivity index (χ0n) is 10.4. The molecule has 0 aliphatic carbocycles. The molecule has 20 heavy (non-hydrogen) atoms. The highest BCUT2D eigenvalue weighted by Gasteiger charge is 2.16. The standard InChI is InChI=1S/C12H11ClFN3O2S/c1-15-12-5-3-9(7-16-12)20(18,19)17-11-6-8(14)2-4-10(11)13/h2-7,17H,1H3,(H,15,16). The fourth-order valence-corrected chi connectivity index (χ4v) is 2.70. The van der Waals surface area contributed by atoms with E-state index in [4.69, 9.17) is 11.6 Å². The van der Waals surface area contributed by atoms with E-state index in [1.165, 1.54) is 24.4 Å². The number of sulfonamides is 1. The lowest BCUT2D eigenvalue weighted by atomic mass is 10.3. The smallest absolute Gasteiger partial charge is 0.263 e. The predicted octanol–water partition coefficient (Wildman–Crippen LogP) is 2.72. The third kappa shape index (κ3) is 3.17. The second kappa shape index (κ2) is 5.64. The summed E-state index contributed by atoms with van der Waals surface area (Å²) < 4.78 is 39.6. The maximum Gasteiger partial charge on any atom is 0.263 e. The van der Waals surface area contributed by atoms with Crippen molar-refractivity contribution in [1.82, 2.24) is 4.98 Å². The normalized spacial score (nSPS) is 11.2. The number of rotatable bonds is 4. The summed E-state index contributed by atoms with van der Waals surface area (Å²) in [5.74, 6) is -0.0523. The number of hydrogen-bond acceptors (Lipinski definition) is 4. The molecule has 1 aromatic carbocycles. The Morgan fingerprint density at radius 1 is 1.25 bits per heavy atom. The van der Waals surface area contributed by atoms with Gasteiger partial charge in [0, 0.05) is 13.2 Å². The van der Waals surface area contributed by atoms with E-state index in [2.05, 4.69) is 15.0 Å². The lowest BCUT2D eigenvalue weighted by Gasteiger charge is -2.09. The summed E-state index contributed by atoms with van der Waals surface area (Å²) in [6, 6.07) is 6.33. The van der Waals surface area contributed by atoms with Gasteiger partial charge in [0.15, 0.2) is 0 Å². The third-order valence-electron chi connectivity index (χ3n) is 2.48. The maximum absolute atomic E-state index is 13.1. The summed E-state index contributed by atoms with van der Waals surface area (Å²) in [4.78, 5) is 3.86. The van der Waals surface area contributed by atoms with Crippen LogP contribution in [0.15, 0.2) is 41.4 Å². The largest absolute Gasteiger partial charge is 0.373 e. The highest BCUT2D eigenvalue weighted by atomic mass is 35.5. The summed E-state index contributed by atoms with van der Waals surface area (Å²) in [6.07, 6.45) is 1.20. The van der Waals surface area contributed by atoms with Crippen molar-refractivity contribution >= 4 is 33.1 Å². The molecule has 106 valence electrons. The van der Waals surface area contributed by atoms with Crippen LogP contribution < -0.4 is 10.0 Å². The van der Waals surface area contributed by atoms with Gasteiger partial charge in [-0.1, -0.05) is 11.6 Å². The van der Waals surface area contributed by atoms with Gasteiger partial charge in [-0.3, -0.25) is 4.72 Å². The number of pyridine rings is 1. The Labute approximate surface area is 120 Å². The average Bonchev–Trinajstić information content (AvgIpc) is 2.43. The van der Waals surface area contributed by atoms with Crippen LogP contribution in [0.5, 0.6) is 0 Å². The van der Waals surface area contributed by atoms with Gasteiger partial charge in [-0.15, -0.1) is 0 Å². The molecule has 0 aliphatic rings. The lowest BCUT2D eigenvalue weighted by molar-refractivity contribution is 0.600. The molecule has 8 heteroatoms. The van der Waals surface area contributed by atoms with Gasteiger partial charge >= 0.3 is 0 Å². The van der Waals surface area contributed by atoms with E-state index in [9.17, 15) is 12.8 Å². The van der Waals surface area contributed by atoms with Crippen LogP contribution in [0.4, 0.5) is 15.9 Å². The number of anilines is 2. The first-order chi connectivity index (χ1) is 9.42. The van der Waals surface area contributed by atoms with Gasteiger partial charge in [0.25, 0.3) is 10.0 Å². The fourth-order valence-electron chi connectivity index (χ4n) is 1.47. The molecule has 0 bridgehead atoms. The Hall–Kier alpha value is -1.86. The number of benzene rings is 1. The van der Waals surface area contributed by atoms with E-state index in [0.717, 1.165) is 12.1 Å². The van der Waals surface area contributed by atoms with Crippen molar-refractivity contribution < 1.29 is 12.8 Å². The first-order valence-electron chi connectivity index (χ1n) is 5.54. The zero-order valence-corrected chi connectivity index (χ0v) is 12.0. The highest BCUT2D eigenvalue weighted by Crippen LogP contribution is 2.25. The highest BCUT2D eigenvalue weighted by molar-refractivity contribution is 7.92. The van der Waals surface area contributed by atoms with E-state index in [1.54, 1.807) is 7.05 Å². The Morgan fingerprint density at radius 3 is 2.60 bits per heavy atom. The van der Waals surface area contributed by atoms with Gasteiger partial charge in [-0.2, -0.15) is 0 Å². The molecular formula is C12H11ClFN3O2S. The van der Waals surface area contributed by atoms with Crippen LogP contribution in [0.25, 0.3) is 0 Å². The van der Waals surface area contributed by atoms with Crippen LogP contribution in [-0.2, 0) is 10.0 Å². The molecule has 0 unspecified atom stereocenters. The lowest BCUT2D eigenvalue weighted by Crippen LogP contribution is -2.13. The average molecular weight is 316 g/mol. The molecule has 5 nitrogen and oxygen atoms in total. The molecule has 0 radical (unpaired) electrons. The van der Waals surface area contributed by atoms with Gasteiger partial charge < -0.3 is 5.32 Å². The van der Waals surface area contributed by atoms with E-state index < -0.39 is 15.8 Å². The summed E-state index contributed by atoms with van der Waals surface area (Å²) >= 11 is 5.82. The van der Waals surface area contributed by atoms with E-state index >= 15 is 0 Å². The summed E-state index contributed by atoms with van der Waals surface area (Å²) in [6.45, 7) is 0.